The summed E-state index contributed by atoms with van der Waals surface area (Å²) in [5.41, 5.74) is 7.00. The smallest absolute Gasteiger partial charge is 0.335 e. The summed E-state index contributed by atoms with van der Waals surface area (Å²) in [6.07, 6.45) is 7.41. The molecular weight excluding hydrogens is 478 g/mol. The van der Waals surface area contributed by atoms with E-state index >= 15 is 0 Å². The highest BCUT2D eigenvalue weighted by atomic mass is 16.5. The molecule has 0 radical (unpaired) electrons. The molecule has 186 valence electrons. The van der Waals surface area contributed by atoms with Gasteiger partial charge in [0.25, 0.3) is 0 Å². The first kappa shape index (κ1) is 23.3. The molecule has 0 spiro atoms. The molecule has 6 aromatic rings. The Morgan fingerprint density at radius 3 is 2.13 bits per heavy atom. The number of aromatic nitrogens is 5. The maximum atomic E-state index is 11.5. The van der Waals surface area contributed by atoms with E-state index in [4.69, 9.17) is 9.51 Å². The van der Waals surface area contributed by atoms with Crippen LogP contribution in [-0.4, -0.2) is 35.8 Å². The van der Waals surface area contributed by atoms with E-state index in [9.17, 15) is 9.90 Å². The van der Waals surface area contributed by atoms with Gasteiger partial charge in [-0.25, -0.2) is 9.78 Å². The predicted molar refractivity (Wildman–Crippen MR) is 143 cm³/mol. The molecule has 38 heavy (non-hydrogen) atoms. The van der Waals surface area contributed by atoms with E-state index in [2.05, 4.69) is 25.8 Å². The number of hydrogen-bond donors (Lipinski definition) is 1. The Balaban J connectivity index is 1.63. The van der Waals surface area contributed by atoms with Crippen molar-refractivity contribution in [1.82, 2.24) is 24.7 Å². The van der Waals surface area contributed by atoms with Crippen LogP contribution in [0.2, 0.25) is 0 Å². The molecule has 0 amide bonds. The molecule has 1 N–H and O–H groups in total. The predicted octanol–water partition coefficient (Wildman–Crippen LogP) is 6.10. The summed E-state index contributed by atoms with van der Waals surface area (Å²) in [5.74, 6) is -0.248. The van der Waals surface area contributed by atoms with Crippen molar-refractivity contribution in [3.05, 3.63) is 120 Å². The van der Waals surface area contributed by atoms with Gasteiger partial charge in [0.1, 0.15) is 17.4 Å². The molecular formula is C30H23N5O3. The molecule has 0 aliphatic rings. The molecule has 8 nitrogen and oxygen atoms in total. The first-order valence-electron chi connectivity index (χ1n) is 12.1. The van der Waals surface area contributed by atoms with Gasteiger partial charge in [-0.15, -0.1) is 0 Å². The minimum Gasteiger partial charge on any atom is -0.478 e. The molecule has 0 saturated carbocycles. The van der Waals surface area contributed by atoms with E-state index in [0.717, 1.165) is 56.1 Å². The minimum atomic E-state index is -0.966. The molecule has 0 unspecified atom stereocenters. The van der Waals surface area contributed by atoms with Crippen LogP contribution in [0.25, 0.3) is 33.3 Å². The van der Waals surface area contributed by atoms with Crippen LogP contribution in [0.15, 0.2) is 96.0 Å². The van der Waals surface area contributed by atoms with Crippen molar-refractivity contribution in [2.45, 2.75) is 19.9 Å². The van der Waals surface area contributed by atoms with E-state index < -0.39 is 5.97 Å². The minimum absolute atomic E-state index is 0.229. The second kappa shape index (κ2) is 9.40. The van der Waals surface area contributed by atoms with Gasteiger partial charge in [-0.2, -0.15) is 0 Å². The summed E-state index contributed by atoms with van der Waals surface area (Å²) >= 11 is 0. The Labute approximate surface area is 218 Å². The molecule has 0 fully saturated rings. The van der Waals surface area contributed by atoms with Gasteiger partial charge < -0.3 is 14.2 Å². The summed E-state index contributed by atoms with van der Waals surface area (Å²) in [5, 5.41) is 14.4. The Kier molecular flexibility index (Phi) is 5.76. The van der Waals surface area contributed by atoms with Crippen molar-refractivity contribution >= 4 is 17.0 Å². The van der Waals surface area contributed by atoms with Gasteiger partial charge in [0.15, 0.2) is 0 Å². The molecule has 0 atom stereocenters. The number of carboxylic acid groups (broad SMARTS) is 1. The Hall–Kier alpha value is -5.11. The molecule has 0 bridgehead atoms. The summed E-state index contributed by atoms with van der Waals surface area (Å²) in [6, 6.07) is 20.3. The highest BCUT2D eigenvalue weighted by Gasteiger charge is 2.24. The van der Waals surface area contributed by atoms with Gasteiger partial charge in [0.2, 0.25) is 0 Å². The van der Waals surface area contributed by atoms with Gasteiger partial charge in [-0.3, -0.25) is 9.97 Å². The van der Waals surface area contributed by atoms with Crippen molar-refractivity contribution in [2.24, 2.45) is 0 Å². The van der Waals surface area contributed by atoms with E-state index in [1.807, 2.05) is 74.8 Å². The number of nitrogens with zero attached hydrogens (tertiary/aromatic N) is 5. The van der Waals surface area contributed by atoms with E-state index in [-0.39, 0.29) is 11.6 Å². The van der Waals surface area contributed by atoms with E-state index in [0.29, 0.717) is 0 Å². The summed E-state index contributed by atoms with van der Waals surface area (Å²) < 4.78 is 7.50. The van der Waals surface area contributed by atoms with Crippen molar-refractivity contribution in [3.8, 4) is 22.3 Å². The summed E-state index contributed by atoms with van der Waals surface area (Å²) in [7, 11) is 0. The van der Waals surface area contributed by atoms with Crippen LogP contribution in [0.1, 0.15) is 39.2 Å². The lowest BCUT2D eigenvalue weighted by molar-refractivity contribution is 0.0697. The molecule has 0 aliphatic heterocycles. The lowest BCUT2D eigenvalue weighted by Crippen LogP contribution is -2.14. The first-order valence-corrected chi connectivity index (χ1v) is 12.1. The Morgan fingerprint density at radius 1 is 0.895 bits per heavy atom. The van der Waals surface area contributed by atoms with Crippen molar-refractivity contribution in [2.75, 3.05) is 0 Å². The van der Waals surface area contributed by atoms with E-state index in [1.54, 1.807) is 24.5 Å². The fourth-order valence-electron chi connectivity index (χ4n) is 4.89. The van der Waals surface area contributed by atoms with Crippen molar-refractivity contribution < 1.29 is 14.4 Å². The number of carboxylic acids is 1. The fraction of sp³-hybridized carbons (Fsp3) is 0.100. The zero-order valence-electron chi connectivity index (χ0n) is 20.7. The van der Waals surface area contributed by atoms with Gasteiger partial charge in [0.05, 0.1) is 22.6 Å². The van der Waals surface area contributed by atoms with Crippen LogP contribution < -0.4 is 0 Å². The summed E-state index contributed by atoms with van der Waals surface area (Å²) in [4.78, 5) is 25.7. The number of pyridine rings is 3. The number of carbonyl (C=O) groups is 1. The highest BCUT2D eigenvalue weighted by molar-refractivity contribution is 5.97. The Bertz CT molecular complexity index is 1700. The molecule has 5 aromatic heterocycles. The topological polar surface area (TPSA) is 107 Å². The van der Waals surface area contributed by atoms with Crippen molar-refractivity contribution in [3.63, 3.8) is 0 Å². The highest BCUT2D eigenvalue weighted by Crippen LogP contribution is 2.38. The fourth-order valence-corrected chi connectivity index (χ4v) is 4.89. The van der Waals surface area contributed by atoms with Crippen LogP contribution in [0, 0.1) is 13.8 Å². The quantitative estimate of drug-likeness (QED) is 0.294. The third-order valence-corrected chi connectivity index (χ3v) is 6.65. The molecule has 6 rings (SSSR count). The standard InChI is InChI=1S/C30H23N5O3/c1-18-27(19(2)38-34-18)22-15-23-24(20-9-11-21(12-10-20)30(36)37)17-35(29(23)33-16-22)28(25-7-3-5-13-31-25)26-8-4-6-14-32-26/h3-17,28H,1-2H3,(H,36,37). The zero-order valence-corrected chi connectivity index (χ0v) is 20.7. The molecule has 8 heteroatoms. The van der Waals surface area contributed by atoms with Gasteiger partial charge in [0, 0.05) is 46.9 Å². The average molecular weight is 502 g/mol. The SMILES string of the molecule is Cc1noc(C)c1-c1cnc2c(c1)c(-c1ccc(C(=O)O)cc1)cn2C(c1ccccn1)c1ccccn1. The first-order chi connectivity index (χ1) is 18.5. The Morgan fingerprint density at radius 2 is 1.58 bits per heavy atom. The number of rotatable bonds is 6. The second-order valence-corrected chi connectivity index (χ2v) is 9.04. The van der Waals surface area contributed by atoms with Crippen LogP contribution in [0.5, 0.6) is 0 Å². The molecule has 0 aliphatic carbocycles. The molecule has 0 saturated heterocycles. The van der Waals surface area contributed by atoms with Gasteiger partial charge in [-0.05, 0) is 61.9 Å². The van der Waals surface area contributed by atoms with Crippen molar-refractivity contribution in [1.29, 1.82) is 0 Å². The normalized spacial score (nSPS) is 11.3. The largest absolute Gasteiger partial charge is 0.478 e. The number of hydrogen-bond acceptors (Lipinski definition) is 6. The van der Waals surface area contributed by atoms with Gasteiger partial charge in [-0.1, -0.05) is 29.4 Å². The lowest BCUT2D eigenvalue weighted by atomic mass is 10.0. The number of fused-ring (bicyclic) bond motifs is 1. The van der Waals surface area contributed by atoms with Crippen LogP contribution in [0.4, 0.5) is 0 Å². The third-order valence-electron chi connectivity index (χ3n) is 6.65. The molecule has 5 heterocycles. The monoisotopic (exact) mass is 501 g/mol. The van der Waals surface area contributed by atoms with Crippen LogP contribution in [0.3, 0.4) is 0 Å². The average Bonchev–Trinajstić information content (AvgIpc) is 3.49. The second-order valence-electron chi connectivity index (χ2n) is 9.04. The maximum Gasteiger partial charge on any atom is 0.335 e. The lowest BCUT2D eigenvalue weighted by Gasteiger charge is -2.19. The third kappa shape index (κ3) is 4.02. The number of benzene rings is 1. The van der Waals surface area contributed by atoms with E-state index in [1.165, 1.54) is 0 Å². The zero-order chi connectivity index (χ0) is 26.2. The van der Waals surface area contributed by atoms with Crippen LogP contribution >= 0.6 is 0 Å². The maximum absolute atomic E-state index is 11.5. The number of aromatic carboxylic acids is 1. The summed E-state index contributed by atoms with van der Waals surface area (Å²) in [6.45, 7) is 3.79. The number of aryl methyl sites for hydroxylation is 2. The van der Waals surface area contributed by atoms with Gasteiger partial charge >= 0.3 is 5.97 Å². The van der Waals surface area contributed by atoms with Crippen LogP contribution in [-0.2, 0) is 0 Å². The molecule has 1 aromatic carbocycles.